The maximum absolute atomic E-state index is 10.6. The van der Waals surface area contributed by atoms with Crippen molar-refractivity contribution in [1.82, 2.24) is 0 Å². The van der Waals surface area contributed by atoms with Crippen molar-refractivity contribution in [3.63, 3.8) is 0 Å². The van der Waals surface area contributed by atoms with Gasteiger partial charge < -0.3 is 5.11 Å². The first-order chi connectivity index (χ1) is 6.75. The molecule has 14 heavy (non-hydrogen) atoms. The second kappa shape index (κ2) is 3.82. The molecule has 1 atom stereocenters. The zero-order chi connectivity index (χ0) is 9.97. The molecule has 0 radical (unpaired) electrons. The molecule has 1 aliphatic carbocycles. The Balaban J connectivity index is 2.09. The van der Waals surface area contributed by atoms with E-state index in [4.69, 9.17) is 5.11 Å². The Morgan fingerprint density at radius 3 is 2.79 bits per heavy atom. The van der Waals surface area contributed by atoms with Crippen LogP contribution in [0.25, 0.3) is 0 Å². The first-order valence-corrected chi connectivity index (χ1v) is 5.04. The van der Waals surface area contributed by atoms with Crippen molar-refractivity contribution in [2.75, 3.05) is 0 Å². The normalized spacial score (nSPS) is 20.1. The number of hydrogen-bond donors (Lipinski definition) is 1. The third-order valence-corrected chi connectivity index (χ3v) is 2.91. The summed E-state index contributed by atoms with van der Waals surface area (Å²) in [4.78, 5) is 10.6. The molecule has 0 amide bonds. The minimum Gasteiger partial charge on any atom is -0.481 e. The van der Waals surface area contributed by atoms with E-state index in [9.17, 15) is 4.79 Å². The molecule has 0 bridgehead atoms. The molecule has 0 unspecified atom stereocenters. The van der Waals surface area contributed by atoms with Crippen LogP contribution in [0.1, 0.15) is 24.0 Å². The zero-order valence-electron chi connectivity index (χ0n) is 8.07. The van der Waals surface area contributed by atoms with Gasteiger partial charge in [-0.05, 0) is 36.3 Å². The highest BCUT2D eigenvalue weighted by Crippen LogP contribution is 2.27. The second-order valence-corrected chi connectivity index (χ2v) is 3.98. The van der Waals surface area contributed by atoms with Gasteiger partial charge in [-0.3, -0.25) is 4.79 Å². The van der Waals surface area contributed by atoms with Gasteiger partial charge in [0.15, 0.2) is 0 Å². The number of carboxylic acid groups (broad SMARTS) is 1. The summed E-state index contributed by atoms with van der Waals surface area (Å²) in [6.07, 6.45) is 3.30. The van der Waals surface area contributed by atoms with Crippen LogP contribution in [0.2, 0.25) is 0 Å². The lowest BCUT2D eigenvalue weighted by Gasteiger charge is -2.22. The number of rotatable bonds is 2. The first kappa shape index (κ1) is 9.25. The fourth-order valence-electron chi connectivity index (χ4n) is 2.19. The number of hydrogen-bond acceptors (Lipinski definition) is 1. The van der Waals surface area contributed by atoms with Gasteiger partial charge in [0, 0.05) is 6.42 Å². The summed E-state index contributed by atoms with van der Waals surface area (Å²) in [6, 6.07) is 8.34. The van der Waals surface area contributed by atoms with Gasteiger partial charge in [0.2, 0.25) is 0 Å². The lowest BCUT2D eigenvalue weighted by Crippen LogP contribution is -2.17. The Kier molecular flexibility index (Phi) is 2.53. The van der Waals surface area contributed by atoms with Gasteiger partial charge in [-0.2, -0.15) is 0 Å². The van der Waals surface area contributed by atoms with Crippen LogP contribution in [0, 0.1) is 5.92 Å². The Bertz CT molecular complexity index is 344. The molecule has 0 saturated heterocycles. The largest absolute Gasteiger partial charge is 0.481 e. The summed E-state index contributed by atoms with van der Waals surface area (Å²) in [7, 11) is 0. The van der Waals surface area contributed by atoms with Crippen molar-refractivity contribution >= 4 is 5.97 Å². The summed E-state index contributed by atoms with van der Waals surface area (Å²) in [6.45, 7) is 0. The standard InChI is InChI=1S/C12H14O2/c13-12(14)8-9-5-6-10-3-1-2-4-11(10)7-9/h1-4,9H,5-8H2,(H,13,14)/t9-/m0/s1. The van der Waals surface area contributed by atoms with Crippen molar-refractivity contribution in [2.24, 2.45) is 5.92 Å². The van der Waals surface area contributed by atoms with Crippen LogP contribution in [0.15, 0.2) is 24.3 Å². The fraction of sp³-hybridized carbons (Fsp3) is 0.417. The van der Waals surface area contributed by atoms with Crippen LogP contribution in [0.4, 0.5) is 0 Å². The molecule has 0 fully saturated rings. The Morgan fingerprint density at radius 1 is 1.36 bits per heavy atom. The molecule has 2 nitrogen and oxygen atoms in total. The number of benzene rings is 1. The van der Waals surface area contributed by atoms with E-state index in [2.05, 4.69) is 18.2 Å². The average molecular weight is 190 g/mol. The van der Waals surface area contributed by atoms with Crippen LogP contribution in [-0.4, -0.2) is 11.1 Å². The molecule has 0 aromatic heterocycles. The number of carbonyl (C=O) groups is 1. The summed E-state index contributed by atoms with van der Waals surface area (Å²) in [5.41, 5.74) is 2.74. The third-order valence-electron chi connectivity index (χ3n) is 2.91. The van der Waals surface area contributed by atoms with E-state index in [1.54, 1.807) is 0 Å². The molecule has 1 N–H and O–H groups in total. The summed E-state index contributed by atoms with van der Waals surface area (Å²) in [5, 5.41) is 8.71. The molecular weight excluding hydrogens is 176 g/mol. The van der Waals surface area contributed by atoms with Gasteiger partial charge >= 0.3 is 5.97 Å². The lowest BCUT2D eigenvalue weighted by atomic mass is 9.82. The highest BCUT2D eigenvalue weighted by atomic mass is 16.4. The van der Waals surface area contributed by atoms with Crippen LogP contribution < -0.4 is 0 Å². The van der Waals surface area contributed by atoms with Gasteiger partial charge in [-0.15, -0.1) is 0 Å². The molecule has 74 valence electrons. The number of aryl methyl sites for hydroxylation is 1. The van der Waals surface area contributed by atoms with Crippen molar-refractivity contribution in [2.45, 2.75) is 25.7 Å². The third kappa shape index (κ3) is 1.95. The Labute approximate surface area is 83.6 Å². The van der Waals surface area contributed by atoms with Crippen molar-refractivity contribution < 1.29 is 9.90 Å². The van der Waals surface area contributed by atoms with Crippen LogP contribution in [0.5, 0.6) is 0 Å². The van der Waals surface area contributed by atoms with Crippen LogP contribution >= 0.6 is 0 Å². The molecular formula is C12H14O2. The van der Waals surface area contributed by atoms with Crippen LogP contribution in [-0.2, 0) is 17.6 Å². The van der Waals surface area contributed by atoms with Gasteiger partial charge in [0.1, 0.15) is 0 Å². The number of aliphatic carboxylic acids is 1. The quantitative estimate of drug-likeness (QED) is 0.776. The van der Waals surface area contributed by atoms with E-state index < -0.39 is 5.97 Å². The molecule has 0 saturated carbocycles. The van der Waals surface area contributed by atoms with Crippen LogP contribution in [0.3, 0.4) is 0 Å². The van der Waals surface area contributed by atoms with Crippen molar-refractivity contribution in [1.29, 1.82) is 0 Å². The summed E-state index contributed by atoms with van der Waals surface area (Å²) < 4.78 is 0. The Hall–Kier alpha value is -1.31. The van der Waals surface area contributed by atoms with E-state index in [1.807, 2.05) is 6.07 Å². The summed E-state index contributed by atoms with van der Waals surface area (Å²) in [5.74, 6) is -0.336. The van der Waals surface area contributed by atoms with E-state index in [-0.39, 0.29) is 0 Å². The summed E-state index contributed by atoms with van der Waals surface area (Å²) >= 11 is 0. The van der Waals surface area contributed by atoms with Gasteiger partial charge in [-0.25, -0.2) is 0 Å². The van der Waals surface area contributed by atoms with Crippen molar-refractivity contribution in [3.8, 4) is 0 Å². The van der Waals surface area contributed by atoms with E-state index in [0.29, 0.717) is 12.3 Å². The molecule has 0 aliphatic heterocycles. The Morgan fingerprint density at radius 2 is 2.07 bits per heavy atom. The van der Waals surface area contributed by atoms with E-state index >= 15 is 0 Å². The zero-order valence-corrected chi connectivity index (χ0v) is 8.07. The van der Waals surface area contributed by atoms with Gasteiger partial charge in [-0.1, -0.05) is 24.3 Å². The lowest BCUT2D eigenvalue weighted by molar-refractivity contribution is -0.138. The fourth-order valence-corrected chi connectivity index (χ4v) is 2.19. The molecule has 1 aromatic carbocycles. The smallest absolute Gasteiger partial charge is 0.303 e. The topological polar surface area (TPSA) is 37.3 Å². The maximum Gasteiger partial charge on any atom is 0.303 e. The molecule has 1 aliphatic rings. The molecule has 0 heterocycles. The number of carboxylic acids is 1. The van der Waals surface area contributed by atoms with E-state index in [1.165, 1.54) is 11.1 Å². The average Bonchev–Trinajstić information content (AvgIpc) is 2.17. The van der Waals surface area contributed by atoms with Crippen molar-refractivity contribution in [3.05, 3.63) is 35.4 Å². The van der Waals surface area contributed by atoms with E-state index in [0.717, 1.165) is 19.3 Å². The monoisotopic (exact) mass is 190 g/mol. The maximum atomic E-state index is 10.6. The van der Waals surface area contributed by atoms with Gasteiger partial charge in [0.25, 0.3) is 0 Å². The first-order valence-electron chi connectivity index (χ1n) is 5.04. The predicted molar refractivity (Wildman–Crippen MR) is 54.2 cm³/mol. The van der Waals surface area contributed by atoms with Gasteiger partial charge in [0.05, 0.1) is 0 Å². The molecule has 2 rings (SSSR count). The highest BCUT2D eigenvalue weighted by Gasteiger charge is 2.19. The SMILES string of the molecule is O=C(O)C[C@H]1CCc2ccccc2C1. The minimum absolute atomic E-state index is 0.314. The molecule has 2 heteroatoms. The molecule has 1 aromatic rings. The number of fused-ring (bicyclic) bond motifs is 1. The minimum atomic E-state index is -0.672. The second-order valence-electron chi connectivity index (χ2n) is 3.98. The predicted octanol–water partition coefficient (Wildman–Crippen LogP) is 2.27. The molecule has 0 spiro atoms. The highest BCUT2D eigenvalue weighted by molar-refractivity contribution is 5.67.